The second-order valence-corrected chi connectivity index (χ2v) is 9.31. The Morgan fingerprint density at radius 3 is 2.70 bits per heavy atom. The Kier molecular flexibility index (Phi) is 5.47. The molecule has 9 nitrogen and oxygen atoms in total. The Morgan fingerprint density at radius 2 is 2.03 bits per heavy atom. The van der Waals surface area contributed by atoms with Gasteiger partial charge in [0.05, 0.1) is 18.7 Å². The molecule has 5 rings (SSSR count). The Labute approximate surface area is 192 Å². The number of aromatic nitrogens is 4. The molecule has 1 N–H and O–H groups in total. The molecular formula is C24H28N6O3. The van der Waals surface area contributed by atoms with Crippen LogP contribution in [0.4, 0.5) is 0 Å². The lowest BCUT2D eigenvalue weighted by Gasteiger charge is -2.41. The van der Waals surface area contributed by atoms with E-state index < -0.39 is 0 Å². The highest BCUT2D eigenvalue weighted by Crippen LogP contribution is 2.52. The summed E-state index contributed by atoms with van der Waals surface area (Å²) in [6.07, 6.45) is 10.1. The SMILES string of the molecule is Cc1cnn(Cc2c(C(=O)N3CC(C(=O)NCc4ccncc4)C4(CCC4)C3)noc2C)c1. The van der Waals surface area contributed by atoms with Crippen LogP contribution in [-0.2, 0) is 17.9 Å². The first-order valence-corrected chi connectivity index (χ1v) is 11.4. The topological polar surface area (TPSA) is 106 Å². The third kappa shape index (κ3) is 4.03. The lowest BCUT2D eigenvalue weighted by atomic mass is 9.62. The van der Waals surface area contributed by atoms with E-state index in [9.17, 15) is 9.59 Å². The lowest BCUT2D eigenvalue weighted by Crippen LogP contribution is -2.45. The number of hydrogen-bond acceptors (Lipinski definition) is 6. The standard InChI is InChI=1S/C24H28N6O3/c1-16-10-27-30(12-16)13-19-17(2)33-28-21(19)23(32)29-14-20(24(15-29)6-3-7-24)22(31)26-11-18-4-8-25-9-5-18/h4-5,8-10,12,20H,3,6-7,11,13-15H2,1-2H3,(H,26,31). The number of likely N-dealkylation sites (tertiary alicyclic amines) is 1. The van der Waals surface area contributed by atoms with E-state index in [0.29, 0.717) is 37.6 Å². The summed E-state index contributed by atoms with van der Waals surface area (Å²) in [5.74, 6) is 0.213. The van der Waals surface area contributed by atoms with Crippen LogP contribution in [0.5, 0.6) is 0 Å². The van der Waals surface area contributed by atoms with Crippen molar-refractivity contribution in [2.24, 2.45) is 11.3 Å². The second kappa shape index (κ2) is 8.46. The number of pyridine rings is 1. The van der Waals surface area contributed by atoms with E-state index in [1.807, 2.05) is 32.2 Å². The highest BCUT2D eigenvalue weighted by Gasteiger charge is 2.54. The van der Waals surface area contributed by atoms with Crippen LogP contribution in [0.25, 0.3) is 0 Å². The van der Waals surface area contributed by atoms with Gasteiger partial charge in [0.1, 0.15) is 5.76 Å². The normalized spacial score (nSPS) is 19.0. The summed E-state index contributed by atoms with van der Waals surface area (Å²) in [5, 5.41) is 11.5. The molecule has 3 aromatic rings. The van der Waals surface area contributed by atoms with Gasteiger partial charge in [-0.05, 0) is 49.9 Å². The van der Waals surface area contributed by atoms with Crippen molar-refractivity contribution in [3.8, 4) is 0 Å². The van der Waals surface area contributed by atoms with Gasteiger partial charge in [-0.15, -0.1) is 0 Å². The molecule has 0 aromatic carbocycles. The van der Waals surface area contributed by atoms with Crippen LogP contribution in [0.2, 0.25) is 0 Å². The van der Waals surface area contributed by atoms with Crippen LogP contribution < -0.4 is 5.32 Å². The molecule has 1 spiro atoms. The van der Waals surface area contributed by atoms with E-state index in [0.717, 1.165) is 36.0 Å². The van der Waals surface area contributed by atoms with Crippen molar-refractivity contribution >= 4 is 11.8 Å². The Balaban J connectivity index is 1.31. The van der Waals surface area contributed by atoms with Crippen molar-refractivity contribution in [1.82, 2.24) is 30.1 Å². The van der Waals surface area contributed by atoms with Gasteiger partial charge in [0.15, 0.2) is 5.69 Å². The number of nitrogens with zero attached hydrogens (tertiary/aromatic N) is 5. The smallest absolute Gasteiger partial charge is 0.276 e. The van der Waals surface area contributed by atoms with E-state index in [1.54, 1.807) is 28.2 Å². The van der Waals surface area contributed by atoms with E-state index in [2.05, 4.69) is 20.6 Å². The van der Waals surface area contributed by atoms with Crippen molar-refractivity contribution < 1.29 is 14.1 Å². The van der Waals surface area contributed by atoms with Gasteiger partial charge in [-0.25, -0.2) is 0 Å². The monoisotopic (exact) mass is 448 g/mol. The molecule has 172 valence electrons. The first kappa shape index (κ1) is 21.4. The Morgan fingerprint density at radius 1 is 1.24 bits per heavy atom. The molecule has 1 saturated carbocycles. The van der Waals surface area contributed by atoms with Crippen LogP contribution in [0.1, 0.15) is 52.2 Å². The fourth-order valence-electron chi connectivity index (χ4n) is 5.05. The second-order valence-electron chi connectivity index (χ2n) is 9.31. The molecule has 2 aliphatic rings. The number of carbonyl (C=O) groups excluding carboxylic acids is 2. The van der Waals surface area contributed by atoms with Gasteiger partial charge in [-0.2, -0.15) is 5.10 Å². The molecule has 4 heterocycles. The first-order chi connectivity index (χ1) is 15.9. The zero-order chi connectivity index (χ0) is 23.0. The Hall–Kier alpha value is -3.49. The summed E-state index contributed by atoms with van der Waals surface area (Å²) >= 11 is 0. The fraction of sp³-hybridized carbons (Fsp3) is 0.458. The average molecular weight is 449 g/mol. The molecule has 2 amide bonds. The van der Waals surface area contributed by atoms with Gasteiger partial charge in [-0.1, -0.05) is 11.6 Å². The maximum absolute atomic E-state index is 13.5. The summed E-state index contributed by atoms with van der Waals surface area (Å²) in [5.41, 5.74) is 2.95. The van der Waals surface area contributed by atoms with Crippen LogP contribution in [-0.4, -0.2) is 49.7 Å². The van der Waals surface area contributed by atoms with E-state index in [4.69, 9.17) is 4.52 Å². The van der Waals surface area contributed by atoms with Gasteiger partial charge in [0.25, 0.3) is 5.91 Å². The number of nitrogens with one attached hydrogen (secondary N) is 1. The molecule has 3 aromatic heterocycles. The van der Waals surface area contributed by atoms with Crippen LogP contribution in [0.3, 0.4) is 0 Å². The van der Waals surface area contributed by atoms with Gasteiger partial charge >= 0.3 is 0 Å². The summed E-state index contributed by atoms with van der Waals surface area (Å²) in [6, 6.07) is 3.78. The summed E-state index contributed by atoms with van der Waals surface area (Å²) in [6.45, 7) is 5.62. The maximum Gasteiger partial charge on any atom is 0.276 e. The molecular weight excluding hydrogens is 420 g/mol. The molecule has 1 unspecified atom stereocenters. The minimum atomic E-state index is -0.220. The number of amides is 2. The van der Waals surface area contributed by atoms with Crippen molar-refractivity contribution in [3.63, 3.8) is 0 Å². The molecule has 1 atom stereocenters. The van der Waals surface area contributed by atoms with E-state index in [-0.39, 0.29) is 23.1 Å². The zero-order valence-corrected chi connectivity index (χ0v) is 19.0. The average Bonchev–Trinajstić information content (AvgIpc) is 3.50. The van der Waals surface area contributed by atoms with Gasteiger partial charge < -0.3 is 14.7 Å². The first-order valence-electron chi connectivity index (χ1n) is 11.4. The molecule has 2 fully saturated rings. The highest BCUT2D eigenvalue weighted by atomic mass is 16.5. The molecule has 33 heavy (non-hydrogen) atoms. The van der Waals surface area contributed by atoms with Gasteiger partial charge in [-0.3, -0.25) is 19.3 Å². The fourth-order valence-corrected chi connectivity index (χ4v) is 5.05. The predicted molar refractivity (Wildman–Crippen MR) is 119 cm³/mol. The minimum absolute atomic E-state index is 0.00499. The largest absolute Gasteiger partial charge is 0.361 e. The van der Waals surface area contributed by atoms with Crippen LogP contribution in [0, 0.1) is 25.2 Å². The van der Waals surface area contributed by atoms with Crippen molar-refractivity contribution in [2.45, 2.75) is 46.2 Å². The molecule has 0 radical (unpaired) electrons. The van der Waals surface area contributed by atoms with Crippen molar-refractivity contribution in [2.75, 3.05) is 13.1 Å². The third-order valence-electron chi connectivity index (χ3n) is 7.09. The number of rotatable bonds is 6. The van der Waals surface area contributed by atoms with Crippen LogP contribution >= 0.6 is 0 Å². The quantitative estimate of drug-likeness (QED) is 0.621. The number of aryl methyl sites for hydroxylation is 2. The number of hydrogen-bond donors (Lipinski definition) is 1. The molecule has 1 aliphatic carbocycles. The minimum Gasteiger partial charge on any atom is -0.361 e. The lowest BCUT2D eigenvalue weighted by molar-refractivity contribution is -0.129. The number of carbonyl (C=O) groups is 2. The van der Waals surface area contributed by atoms with Gasteiger partial charge in [0.2, 0.25) is 5.91 Å². The van der Waals surface area contributed by atoms with Crippen LogP contribution in [0.15, 0.2) is 41.4 Å². The van der Waals surface area contributed by atoms with E-state index in [1.165, 1.54) is 0 Å². The molecule has 0 bridgehead atoms. The third-order valence-corrected chi connectivity index (χ3v) is 7.09. The predicted octanol–water partition coefficient (Wildman–Crippen LogP) is 2.49. The summed E-state index contributed by atoms with van der Waals surface area (Å²) in [7, 11) is 0. The van der Waals surface area contributed by atoms with Crippen molar-refractivity contribution in [1.29, 1.82) is 0 Å². The molecule has 1 saturated heterocycles. The maximum atomic E-state index is 13.5. The Bertz CT molecular complexity index is 1160. The summed E-state index contributed by atoms with van der Waals surface area (Å²) < 4.78 is 7.16. The van der Waals surface area contributed by atoms with Crippen molar-refractivity contribution in [3.05, 3.63) is 65.1 Å². The van der Waals surface area contributed by atoms with Gasteiger partial charge in [0, 0.05) is 49.2 Å². The molecule has 9 heteroatoms. The summed E-state index contributed by atoms with van der Waals surface area (Å²) in [4.78, 5) is 32.4. The zero-order valence-electron chi connectivity index (χ0n) is 19.0. The van der Waals surface area contributed by atoms with E-state index >= 15 is 0 Å². The molecule has 1 aliphatic heterocycles. The highest BCUT2D eigenvalue weighted by molar-refractivity contribution is 5.95.